The fraction of sp³-hybridized carbons (Fsp3) is 0.632. The number of para-hydroxylation sites is 1. The van der Waals surface area contributed by atoms with Crippen molar-refractivity contribution < 1.29 is 14.2 Å². The fourth-order valence-electron chi connectivity index (χ4n) is 2.06. The predicted octanol–water partition coefficient (Wildman–Crippen LogP) is 3.20. The van der Waals surface area contributed by atoms with E-state index in [0.717, 1.165) is 23.8 Å². The van der Waals surface area contributed by atoms with Crippen molar-refractivity contribution in [2.45, 2.75) is 39.8 Å². The summed E-state index contributed by atoms with van der Waals surface area (Å²) >= 11 is 0. The summed E-state index contributed by atoms with van der Waals surface area (Å²) in [6.45, 7) is 12.0. The van der Waals surface area contributed by atoms with Gasteiger partial charge in [-0.1, -0.05) is 18.2 Å². The topological polar surface area (TPSA) is 64.1 Å². The zero-order valence-corrected chi connectivity index (χ0v) is 19.0. The molecule has 0 radical (unpaired) electrons. The lowest BCUT2D eigenvalue weighted by Crippen LogP contribution is -2.39. The van der Waals surface area contributed by atoms with E-state index in [1.165, 1.54) is 0 Å². The summed E-state index contributed by atoms with van der Waals surface area (Å²) in [5.74, 6) is 1.64. The van der Waals surface area contributed by atoms with Gasteiger partial charge >= 0.3 is 0 Å². The molecule has 0 bridgehead atoms. The van der Waals surface area contributed by atoms with Crippen LogP contribution in [0.4, 0.5) is 0 Å². The smallest absolute Gasteiger partial charge is 0.191 e. The minimum Gasteiger partial charge on any atom is -0.488 e. The summed E-state index contributed by atoms with van der Waals surface area (Å²) in [4.78, 5) is 4.64. The summed E-state index contributed by atoms with van der Waals surface area (Å²) in [5, 5.41) is 6.51. The molecule has 0 unspecified atom stereocenters. The third-order valence-corrected chi connectivity index (χ3v) is 3.11. The third-order valence-electron chi connectivity index (χ3n) is 3.11. The molecule has 0 aliphatic carbocycles. The van der Waals surface area contributed by atoms with Gasteiger partial charge in [-0.15, -0.1) is 24.0 Å². The van der Waals surface area contributed by atoms with Gasteiger partial charge in [-0.2, -0.15) is 0 Å². The van der Waals surface area contributed by atoms with Crippen LogP contribution in [-0.2, 0) is 16.0 Å². The van der Waals surface area contributed by atoms with Gasteiger partial charge in [0.2, 0.25) is 0 Å². The standard InChI is InChI=1S/C19H33N3O3.HI/c1-6-20-18(21-11-12-24-14-13-23-5)22-15-16-9-7-8-10-17(16)25-19(2,3)4;/h7-10H,6,11-15H2,1-5H3,(H2,20,21,22);1H. The van der Waals surface area contributed by atoms with Crippen molar-refractivity contribution in [3.05, 3.63) is 29.8 Å². The molecule has 1 aromatic carbocycles. The van der Waals surface area contributed by atoms with E-state index in [-0.39, 0.29) is 29.6 Å². The van der Waals surface area contributed by atoms with Crippen LogP contribution < -0.4 is 15.4 Å². The Labute approximate surface area is 175 Å². The Morgan fingerprint density at radius 2 is 1.81 bits per heavy atom. The van der Waals surface area contributed by atoms with Crippen molar-refractivity contribution in [3.63, 3.8) is 0 Å². The van der Waals surface area contributed by atoms with Crippen LogP contribution in [0.5, 0.6) is 5.75 Å². The van der Waals surface area contributed by atoms with Gasteiger partial charge in [0, 0.05) is 25.8 Å². The molecule has 0 spiro atoms. The Kier molecular flexibility index (Phi) is 13.5. The number of hydrogen-bond donors (Lipinski definition) is 2. The van der Waals surface area contributed by atoms with Crippen molar-refractivity contribution in [1.82, 2.24) is 10.6 Å². The van der Waals surface area contributed by atoms with Gasteiger partial charge in [0.05, 0.1) is 26.4 Å². The zero-order valence-electron chi connectivity index (χ0n) is 16.6. The molecule has 7 heteroatoms. The van der Waals surface area contributed by atoms with E-state index in [0.29, 0.717) is 32.9 Å². The van der Waals surface area contributed by atoms with Gasteiger partial charge in [-0.05, 0) is 33.8 Å². The van der Waals surface area contributed by atoms with Crippen LogP contribution in [0.1, 0.15) is 33.3 Å². The molecule has 1 rings (SSSR count). The summed E-state index contributed by atoms with van der Waals surface area (Å²) < 4.78 is 16.4. The number of methoxy groups -OCH3 is 1. The van der Waals surface area contributed by atoms with Crippen LogP contribution in [0, 0.1) is 0 Å². The van der Waals surface area contributed by atoms with E-state index in [4.69, 9.17) is 14.2 Å². The summed E-state index contributed by atoms with van der Waals surface area (Å²) in [7, 11) is 1.67. The average molecular weight is 479 g/mol. The van der Waals surface area contributed by atoms with Gasteiger partial charge in [-0.3, -0.25) is 0 Å². The molecule has 0 aliphatic heterocycles. The first-order valence-corrected chi connectivity index (χ1v) is 8.82. The number of rotatable bonds is 10. The van der Waals surface area contributed by atoms with E-state index >= 15 is 0 Å². The first-order chi connectivity index (χ1) is 12.0. The number of halogens is 1. The van der Waals surface area contributed by atoms with Crippen LogP contribution in [0.25, 0.3) is 0 Å². The van der Waals surface area contributed by atoms with Crippen LogP contribution in [0.3, 0.4) is 0 Å². The Bertz CT molecular complexity index is 519. The second-order valence-electron chi connectivity index (χ2n) is 6.55. The molecular weight excluding hydrogens is 445 g/mol. The Balaban J connectivity index is 0.00000625. The third kappa shape index (κ3) is 11.5. The van der Waals surface area contributed by atoms with Gasteiger partial charge in [0.1, 0.15) is 11.4 Å². The zero-order chi connectivity index (χ0) is 18.5. The maximum absolute atomic E-state index is 6.02. The number of aliphatic imine (C=N–C) groups is 1. The first kappa shape index (κ1) is 24.9. The highest BCUT2D eigenvalue weighted by molar-refractivity contribution is 14.0. The van der Waals surface area contributed by atoms with Crippen molar-refractivity contribution in [1.29, 1.82) is 0 Å². The average Bonchev–Trinajstić information content (AvgIpc) is 2.55. The Morgan fingerprint density at radius 1 is 1.08 bits per heavy atom. The minimum atomic E-state index is -0.234. The highest BCUT2D eigenvalue weighted by Crippen LogP contribution is 2.23. The lowest BCUT2D eigenvalue weighted by atomic mass is 10.1. The number of nitrogens with one attached hydrogen (secondary N) is 2. The van der Waals surface area contributed by atoms with E-state index in [1.807, 2.05) is 52.0 Å². The molecule has 6 nitrogen and oxygen atoms in total. The monoisotopic (exact) mass is 479 g/mol. The number of nitrogens with zero attached hydrogens (tertiary/aromatic N) is 1. The maximum Gasteiger partial charge on any atom is 0.191 e. The van der Waals surface area contributed by atoms with Gasteiger partial charge < -0.3 is 24.8 Å². The predicted molar refractivity (Wildman–Crippen MR) is 118 cm³/mol. The molecule has 0 atom stereocenters. The Morgan fingerprint density at radius 3 is 2.46 bits per heavy atom. The highest BCUT2D eigenvalue weighted by atomic mass is 127. The fourth-order valence-corrected chi connectivity index (χ4v) is 2.06. The molecule has 0 saturated carbocycles. The molecule has 0 aromatic heterocycles. The number of ether oxygens (including phenoxy) is 3. The van der Waals surface area contributed by atoms with Crippen LogP contribution >= 0.6 is 24.0 Å². The second kappa shape index (κ2) is 14.1. The van der Waals surface area contributed by atoms with Crippen molar-refractivity contribution in [2.24, 2.45) is 4.99 Å². The quantitative estimate of drug-likeness (QED) is 0.234. The molecule has 1 aromatic rings. The molecule has 26 heavy (non-hydrogen) atoms. The molecule has 0 saturated heterocycles. The summed E-state index contributed by atoms with van der Waals surface area (Å²) in [6, 6.07) is 8.02. The molecule has 0 aliphatic rings. The minimum absolute atomic E-state index is 0. The van der Waals surface area contributed by atoms with E-state index in [2.05, 4.69) is 15.6 Å². The van der Waals surface area contributed by atoms with Crippen LogP contribution in [-0.4, -0.2) is 51.6 Å². The van der Waals surface area contributed by atoms with E-state index in [9.17, 15) is 0 Å². The lowest BCUT2D eigenvalue weighted by Gasteiger charge is -2.23. The van der Waals surface area contributed by atoms with E-state index in [1.54, 1.807) is 7.11 Å². The summed E-state index contributed by atoms with van der Waals surface area (Å²) in [5.41, 5.74) is 0.827. The molecule has 0 heterocycles. The van der Waals surface area contributed by atoms with Crippen LogP contribution in [0.15, 0.2) is 29.3 Å². The normalized spacial score (nSPS) is 11.7. The summed E-state index contributed by atoms with van der Waals surface area (Å²) in [6.07, 6.45) is 0. The Hall–Kier alpha value is -1.06. The largest absolute Gasteiger partial charge is 0.488 e. The van der Waals surface area contributed by atoms with Gasteiger partial charge in [0.25, 0.3) is 0 Å². The van der Waals surface area contributed by atoms with Gasteiger partial charge in [0.15, 0.2) is 5.96 Å². The molecular formula is C19H34IN3O3. The van der Waals surface area contributed by atoms with Crippen molar-refractivity contribution in [3.8, 4) is 5.75 Å². The molecule has 0 amide bonds. The van der Waals surface area contributed by atoms with Crippen LogP contribution in [0.2, 0.25) is 0 Å². The number of hydrogen-bond acceptors (Lipinski definition) is 4. The molecule has 0 fully saturated rings. The number of guanidine groups is 1. The molecule has 150 valence electrons. The lowest BCUT2D eigenvalue weighted by molar-refractivity contribution is 0.0733. The number of benzene rings is 1. The first-order valence-electron chi connectivity index (χ1n) is 8.82. The second-order valence-corrected chi connectivity index (χ2v) is 6.55. The maximum atomic E-state index is 6.02. The molecule has 2 N–H and O–H groups in total. The van der Waals surface area contributed by atoms with Crippen molar-refractivity contribution >= 4 is 29.9 Å². The highest BCUT2D eigenvalue weighted by Gasteiger charge is 2.14. The SMILES string of the molecule is CCNC(=NCc1ccccc1OC(C)(C)C)NCCOCCOC.I. The van der Waals surface area contributed by atoms with Gasteiger partial charge in [-0.25, -0.2) is 4.99 Å². The van der Waals surface area contributed by atoms with E-state index < -0.39 is 0 Å². The van der Waals surface area contributed by atoms with Crippen molar-refractivity contribution in [2.75, 3.05) is 40.0 Å².